The number of carboxylic acid groups (broad SMARTS) is 1. The Labute approximate surface area is 236 Å². The average Bonchev–Trinajstić information content (AvgIpc) is 3.30. The lowest BCUT2D eigenvalue weighted by molar-refractivity contribution is -0.150. The van der Waals surface area contributed by atoms with Crippen LogP contribution in [0.4, 0.5) is 10.2 Å². The van der Waals surface area contributed by atoms with Crippen LogP contribution in [0.1, 0.15) is 79.5 Å². The SMILES string of the molecule is COc1cc(F)c(OC2CCC(C)(C(=O)O)CC2)cc1C(=O)Nc1nn2cccnc2c1C(=O)NCC1(C)CCC1. The number of anilines is 1. The zero-order valence-corrected chi connectivity index (χ0v) is 23.3. The van der Waals surface area contributed by atoms with Gasteiger partial charge in [0.05, 0.1) is 24.2 Å². The molecule has 0 aliphatic heterocycles. The molecule has 5 rings (SSSR count). The number of ether oxygens (including phenoxy) is 2. The predicted octanol–water partition coefficient (Wildman–Crippen LogP) is 4.46. The fourth-order valence-electron chi connectivity index (χ4n) is 5.41. The summed E-state index contributed by atoms with van der Waals surface area (Å²) in [4.78, 5) is 42.6. The molecule has 0 radical (unpaired) electrons. The number of carboxylic acids is 1. The highest BCUT2D eigenvalue weighted by atomic mass is 19.1. The first-order valence-corrected chi connectivity index (χ1v) is 13.7. The van der Waals surface area contributed by atoms with E-state index in [0.29, 0.717) is 32.2 Å². The van der Waals surface area contributed by atoms with E-state index < -0.39 is 35.1 Å². The molecule has 2 aromatic heterocycles. The fourth-order valence-corrected chi connectivity index (χ4v) is 5.41. The molecule has 0 bridgehead atoms. The van der Waals surface area contributed by atoms with E-state index in [1.807, 2.05) is 0 Å². The normalized spacial score (nSPS) is 21.5. The van der Waals surface area contributed by atoms with E-state index in [-0.39, 0.29) is 39.5 Å². The molecule has 2 saturated carbocycles. The minimum absolute atomic E-state index is 0.000884. The number of rotatable bonds is 9. The maximum atomic E-state index is 15.0. The van der Waals surface area contributed by atoms with Gasteiger partial charge >= 0.3 is 5.97 Å². The van der Waals surface area contributed by atoms with E-state index in [0.717, 1.165) is 25.3 Å². The van der Waals surface area contributed by atoms with Crippen LogP contribution in [0.25, 0.3) is 5.65 Å². The highest BCUT2D eigenvalue weighted by Gasteiger charge is 2.38. The van der Waals surface area contributed by atoms with E-state index >= 15 is 0 Å². The number of carbonyl (C=O) groups is 3. The maximum Gasteiger partial charge on any atom is 0.309 e. The fraction of sp³-hybridized carbons (Fsp3) is 0.483. The Bertz CT molecular complexity index is 1490. The molecule has 11 nitrogen and oxygen atoms in total. The molecular formula is C29H34FN5O6. The smallest absolute Gasteiger partial charge is 0.309 e. The molecule has 218 valence electrons. The summed E-state index contributed by atoms with van der Waals surface area (Å²) in [5.74, 6) is -2.85. The van der Waals surface area contributed by atoms with Crippen LogP contribution in [0.15, 0.2) is 30.6 Å². The molecule has 12 heteroatoms. The minimum atomic E-state index is -0.863. The lowest BCUT2D eigenvalue weighted by atomic mass is 9.70. The number of hydrogen-bond donors (Lipinski definition) is 3. The van der Waals surface area contributed by atoms with Crippen molar-refractivity contribution in [3.8, 4) is 11.5 Å². The van der Waals surface area contributed by atoms with Crippen molar-refractivity contribution >= 4 is 29.2 Å². The third-order valence-electron chi connectivity index (χ3n) is 8.44. The van der Waals surface area contributed by atoms with Crippen molar-refractivity contribution in [1.82, 2.24) is 19.9 Å². The largest absolute Gasteiger partial charge is 0.496 e. The second-order valence-corrected chi connectivity index (χ2v) is 11.6. The molecule has 2 aliphatic rings. The molecule has 1 aromatic carbocycles. The number of fused-ring (bicyclic) bond motifs is 1. The Kier molecular flexibility index (Phi) is 7.58. The van der Waals surface area contributed by atoms with Crippen LogP contribution in [0, 0.1) is 16.6 Å². The van der Waals surface area contributed by atoms with Crippen LogP contribution >= 0.6 is 0 Å². The molecule has 2 amide bonds. The van der Waals surface area contributed by atoms with Crippen LogP contribution < -0.4 is 20.1 Å². The Balaban J connectivity index is 1.38. The number of nitrogens with zero attached hydrogens (tertiary/aromatic N) is 3. The van der Waals surface area contributed by atoms with E-state index in [4.69, 9.17) is 9.47 Å². The zero-order chi connectivity index (χ0) is 29.4. The van der Waals surface area contributed by atoms with E-state index in [1.165, 1.54) is 23.9 Å². The molecule has 3 aromatic rings. The van der Waals surface area contributed by atoms with Gasteiger partial charge in [-0.25, -0.2) is 13.9 Å². The van der Waals surface area contributed by atoms with Crippen molar-refractivity contribution in [2.45, 2.75) is 64.9 Å². The maximum absolute atomic E-state index is 15.0. The van der Waals surface area contributed by atoms with Gasteiger partial charge in [-0.3, -0.25) is 14.4 Å². The monoisotopic (exact) mass is 567 g/mol. The number of carbonyl (C=O) groups excluding carboxylic acids is 2. The topological polar surface area (TPSA) is 144 Å². The first kappa shape index (κ1) is 28.3. The number of nitrogens with one attached hydrogen (secondary N) is 2. The van der Waals surface area contributed by atoms with Gasteiger partial charge in [0.1, 0.15) is 11.3 Å². The summed E-state index contributed by atoms with van der Waals surface area (Å²) in [6.07, 6.45) is 7.57. The van der Waals surface area contributed by atoms with Gasteiger partial charge in [0.2, 0.25) is 0 Å². The van der Waals surface area contributed by atoms with Crippen molar-refractivity contribution in [2.24, 2.45) is 10.8 Å². The molecule has 0 spiro atoms. The zero-order valence-electron chi connectivity index (χ0n) is 23.3. The highest BCUT2D eigenvalue weighted by molar-refractivity contribution is 6.11. The van der Waals surface area contributed by atoms with E-state index in [1.54, 1.807) is 19.2 Å². The lowest BCUT2D eigenvalue weighted by Gasteiger charge is -2.38. The van der Waals surface area contributed by atoms with Crippen molar-refractivity contribution in [3.63, 3.8) is 0 Å². The summed E-state index contributed by atoms with van der Waals surface area (Å²) in [6.45, 7) is 4.30. The molecule has 2 aliphatic carbocycles. The number of aromatic nitrogens is 3. The van der Waals surface area contributed by atoms with Crippen LogP contribution in [0.3, 0.4) is 0 Å². The van der Waals surface area contributed by atoms with Gasteiger partial charge in [-0.15, -0.1) is 5.10 Å². The second-order valence-electron chi connectivity index (χ2n) is 11.6. The van der Waals surface area contributed by atoms with E-state index in [9.17, 15) is 23.9 Å². The van der Waals surface area contributed by atoms with Crippen LogP contribution in [0.5, 0.6) is 11.5 Å². The standard InChI is InChI=1S/C29H34FN5O6/c1-28(8-4-9-28)16-32-26(37)22-23(34-35-13-5-12-31-24(22)35)33-25(36)18-14-21(19(30)15-20(18)40-3)41-17-6-10-29(2,11-7-17)27(38)39/h5,12-15,17H,4,6-11,16H2,1-3H3,(H,32,37)(H,38,39)(H,33,34,36). The number of aliphatic carboxylic acids is 1. The summed E-state index contributed by atoms with van der Waals surface area (Å²) in [6, 6.07) is 3.96. The summed E-state index contributed by atoms with van der Waals surface area (Å²) >= 11 is 0. The molecule has 0 saturated heterocycles. The minimum Gasteiger partial charge on any atom is -0.496 e. The highest BCUT2D eigenvalue weighted by Crippen LogP contribution is 2.40. The van der Waals surface area contributed by atoms with Crippen LogP contribution in [0.2, 0.25) is 0 Å². The molecule has 0 unspecified atom stereocenters. The summed E-state index contributed by atoms with van der Waals surface area (Å²) < 4.78 is 27.5. The second kappa shape index (κ2) is 11.0. The molecule has 3 N–H and O–H groups in total. The summed E-state index contributed by atoms with van der Waals surface area (Å²) in [7, 11) is 1.31. The van der Waals surface area contributed by atoms with Gasteiger partial charge in [0, 0.05) is 25.0 Å². The number of benzene rings is 1. The Hall–Kier alpha value is -4.22. The van der Waals surface area contributed by atoms with Crippen LogP contribution in [-0.2, 0) is 4.79 Å². The first-order valence-electron chi connectivity index (χ1n) is 13.7. The molecule has 41 heavy (non-hydrogen) atoms. The lowest BCUT2D eigenvalue weighted by Crippen LogP contribution is -2.40. The van der Waals surface area contributed by atoms with Crippen molar-refractivity contribution in [3.05, 3.63) is 47.5 Å². The van der Waals surface area contributed by atoms with Crippen molar-refractivity contribution in [1.29, 1.82) is 0 Å². The van der Waals surface area contributed by atoms with Gasteiger partial charge in [-0.2, -0.15) is 0 Å². The molecule has 2 fully saturated rings. The van der Waals surface area contributed by atoms with Gasteiger partial charge in [0.15, 0.2) is 23.0 Å². The average molecular weight is 568 g/mol. The summed E-state index contributed by atoms with van der Waals surface area (Å²) in [5.41, 5.74) is -0.430. The third-order valence-corrected chi connectivity index (χ3v) is 8.44. The van der Waals surface area contributed by atoms with E-state index in [2.05, 4.69) is 27.6 Å². The molecular weight excluding hydrogens is 533 g/mol. The number of halogens is 1. The van der Waals surface area contributed by atoms with Gasteiger partial charge < -0.3 is 25.2 Å². The van der Waals surface area contributed by atoms with Gasteiger partial charge in [-0.05, 0) is 63.0 Å². The Morgan fingerprint density at radius 1 is 1.12 bits per heavy atom. The van der Waals surface area contributed by atoms with Crippen molar-refractivity contribution in [2.75, 3.05) is 19.0 Å². The van der Waals surface area contributed by atoms with Gasteiger partial charge in [-0.1, -0.05) is 13.3 Å². The third kappa shape index (κ3) is 5.68. The Morgan fingerprint density at radius 2 is 1.85 bits per heavy atom. The quantitative estimate of drug-likeness (QED) is 0.344. The Morgan fingerprint density at radius 3 is 2.49 bits per heavy atom. The first-order chi connectivity index (χ1) is 19.5. The number of amides is 2. The summed E-state index contributed by atoms with van der Waals surface area (Å²) in [5, 5.41) is 19.5. The molecule has 2 heterocycles. The van der Waals surface area contributed by atoms with Gasteiger partial charge in [0.25, 0.3) is 11.8 Å². The number of hydrogen-bond acceptors (Lipinski definition) is 7. The predicted molar refractivity (Wildman–Crippen MR) is 147 cm³/mol. The number of methoxy groups -OCH3 is 1. The van der Waals surface area contributed by atoms with Crippen LogP contribution in [-0.4, -0.2) is 57.2 Å². The van der Waals surface area contributed by atoms with Crippen molar-refractivity contribution < 1.29 is 33.4 Å². The molecule has 0 atom stereocenters.